The normalized spacial score (nSPS) is 10.6. The fraction of sp³-hybridized carbons (Fsp3) is 0.231. The predicted molar refractivity (Wildman–Crippen MR) is 77.8 cm³/mol. The molecule has 100 valence electrons. The monoisotopic (exact) mass is 296 g/mol. The van der Waals surface area contributed by atoms with Crippen molar-refractivity contribution in [3.05, 3.63) is 61.3 Å². The van der Waals surface area contributed by atoms with Crippen LogP contribution in [0.2, 0.25) is 5.02 Å². The van der Waals surface area contributed by atoms with E-state index in [1.54, 1.807) is 23.5 Å². The highest BCUT2D eigenvalue weighted by Crippen LogP contribution is 2.25. The average molecular weight is 297 g/mol. The molecule has 0 radical (unpaired) electrons. The van der Waals surface area contributed by atoms with Gasteiger partial charge in [0, 0.05) is 24.0 Å². The van der Waals surface area contributed by atoms with Crippen molar-refractivity contribution >= 4 is 28.6 Å². The van der Waals surface area contributed by atoms with E-state index >= 15 is 0 Å². The maximum atomic E-state index is 10.9. The quantitative estimate of drug-likeness (QED) is 0.503. The van der Waals surface area contributed by atoms with Gasteiger partial charge in [-0.2, -0.15) is 0 Å². The van der Waals surface area contributed by atoms with Crippen molar-refractivity contribution in [2.24, 2.45) is 0 Å². The Morgan fingerprint density at radius 1 is 1.32 bits per heavy atom. The van der Waals surface area contributed by atoms with Gasteiger partial charge in [-0.15, -0.1) is 11.3 Å². The number of nitro benzene ring substituents is 1. The number of nitro groups is 1. The lowest BCUT2D eigenvalue weighted by Gasteiger charge is -2.06. The number of hydrogen-bond donors (Lipinski definition) is 1. The molecule has 0 fully saturated rings. The van der Waals surface area contributed by atoms with Crippen molar-refractivity contribution < 1.29 is 4.92 Å². The summed E-state index contributed by atoms with van der Waals surface area (Å²) in [6.45, 7) is 1.17. The standard InChI is InChI=1S/C13H13ClN2O2S/c14-12-4-1-5-13(16(17)18)11(12)9-15-7-6-10-3-2-8-19-10/h1-5,8,15H,6-7,9H2. The lowest BCUT2D eigenvalue weighted by Crippen LogP contribution is -2.17. The van der Waals surface area contributed by atoms with Crippen molar-refractivity contribution in [3.8, 4) is 0 Å². The molecular formula is C13H13ClN2O2S. The van der Waals surface area contributed by atoms with Crippen molar-refractivity contribution in [1.29, 1.82) is 0 Å². The van der Waals surface area contributed by atoms with Gasteiger partial charge >= 0.3 is 0 Å². The number of benzene rings is 1. The fourth-order valence-electron chi connectivity index (χ4n) is 1.77. The van der Waals surface area contributed by atoms with E-state index < -0.39 is 4.92 Å². The highest BCUT2D eigenvalue weighted by molar-refractivity contribution is 7.09. The summed E-state index contributed by atoms with van der Waals surface area (Å²) in [5.41, 5.74) is 0.608. The maximum Gasteiger partial charge on any atom is 0.275 e. The fourth-order valence-corrected chi connectivity index (χ4v) is 2.72. The Bertz CT molecular complexity index is 558. The highest BCUT2D eigenvalue weighted by Gasteiger charge is 2.15. The number of nitrogens with zero attached hydrogens (tertiary/aromatic N) is 1. The molecule has 0 aliphatic heterocycles. The molecule has 6 heteroatoms. The van der Waals surface area contributed by atoms with Crippen LogP contribution in [-0.4, -0.2) is 11.5 Å². The molecule has 0 aliphatic rings. The van der Waals surface area contributed by atoms with Crippen LogP contribution in [0.15, 0.2) is 35.7 Å². The number of thiophene rings is 1. The SMILES string of the molecule is O=[N+]([O-])c1cccc(Cl)c1CNCCc1cccs1. The molecule has 2 aromatic rings. The van der Waals surface area contributed by atoms with Crippen LogP contribution < -0.4 is 5.32 Å². The molecule has 0 aliphatic carbocycles. The number of halogens is 1. The first-order valence-electron chi connectivity index (χ1n) is 5.83. The topological polar surface area (TPSA) is 55.2 Å². The number of rotatable bonds is 6. The summed E-state index contributed by atoms with van der Waals surface area (Å²) in [4.78, 5) is 11.8. The molecule has 0 saturated carbocycles. The summed E-state index contributed by atoms with van der Waals surface area (Å²) in [5.74, 6) is 0. The van der Waals surface area contributed by atoms with Crippen molar-refractivity contribution in [2.45, 2.75) is 13.0 Å². The molecule has 0 unspecified atom stereocenters. The van der Waals surface area contributed by atoms with E-state index in [1.165, 1.54) is 10.9 Å². The summed E-state index contributed by atoms with van der Waals surface area (Å²) in [6, 6.07) is 8.83. The van der Waals surface area contributed by atoms with Crippen molar-refractivity contribution in [3.63, 3.8) is 0 Å². The van der Waals surface area contributed by atoms with E-state index in [-0.39, 0.29) is 5.69 Å². The van der Waals surface area contributed by atoms with Crippen LogP contribution in [0.5, 0.6) is 0 Å². The first kappa shape index (κ1) is 14.0. The minimum absolute atomic E-state index is 0.0659. The summed E-state index contributed by atoms with van der Waals surface area (Å²) in [7, 11) is 0. The van der Waals surface area contributed by atoms with E-state index in [9.17, 15) is 10.1 Å². The van der Waals surface area contributed by atoms with Crippen molar-refractivity contribution in [1.82, 2.24) is 5.32 Å². The van der Waals surface area contributed by atoms with Crippen LogP contribution in [0, 0.1) is 10.1 Å². The predicted octanol–water partition coefficient (Wildman–Crippen LogP) is 3.64. The van der Waals surface area contributed by atoms with E-state index in [4.69, 9.17) is 11.6 Å². The minimum Gasteiger partial charge on any atom is -0.312 e. The third-order valence-electron chi connectivity index (χ3n) is 2.72. The Labute approximate surface area is 120 Å². The van der Waals surface area contributed by atoms with Crippen LogP contribution in [0.4, 0.5) is 5.69 Å². The zero-order valence-corrected chi connectivity index (χ0v) is 11.7. The summed E-state index contributed by atoms with van der Waals surface area (Å²) in [6.07, 6.45) is 0.913. The van der Waals surface area contributed by atoms with Gasteiger partial charge in [-0.1, -0.05) is 23.7 Å². The Hall–Kier alpha value is -1.43. The second-order valence-electron chi connectivity index (χ2n) is 4.00. The minimum atomic E-state index is -0.401. The summed E-state index contributed by atoms with van der Waals surface area (Å²) >= 11 is 7.72. The zero-order chi connectivity index (χ0) is 13.7. The molecule has 2 rings (SSSR count). The molecule has 1 aromatic heterocycles. The Morgan fingerprint density at radius 2 is 2.16 bits per heavy atom. The van der Waals surface area contributed by atoms with Gasteiger partial charge in [0.05, 0.1) is 15.5 Å². The molecule has 1 aromatic carbocycles. The number of hydrogen-bond acceptors (Lipinski definition) is 4. The van der Waals surface area contributed by atoms with Gasteiger partial charge in [-0.25, -0.2) is 0 Å². The Morgan fingerprint density at radius 3 is 2.84 bits per heavy atom. The van der Waals surface area contributed by atoms with Crippen LogP contribution in [-0.2, 0) is 13.0 Å². The Balaban J connectivity index is 1.93. The largest absolute Gasteiger partial charge is 0.312 e. The molecule has 4 nitrogen and oxygen atoms in total. The third kappa shape index (κ3) is 3.76. The molecule has 1 heterocycles. The van der Waals surface area contributed by atoms with Gasteiger partial charge in [0.25, 0.3) is 5.69 Å². The van der Waals surface area contributed by atoms with E-state index in [0.29, 0.717) is 17.1 Å². The van der Waals surface area contributed by atoms with Crippen molar-refractivity contribution in [2.75, 3.05) is 6.54 Å². The first-order chi connectivity index (χ1) is 9.18. The smallest absolute Gasteiger partial charge is 0.275 e. The molecule has 0 spiro atoms. The highest BCUT2D eigenvalue weighted by atomic mass is 35.5. The number of nitrogens with one attached hydrogen (secondary N) is 1. The van der Waals surface area contributed by atoms with Gasteiger partial charge in [0.1, 0.15) is 0 Å². The van der Waals surface area contributed by atoms with E-state index in [2.05, 4.69) is 11.4 Å². The lowest BCUT2D eigenvalue weighted by molar-refractivity contribution is -0.385. The van der Waals surface area contributed by atoms with Gasteiger partial charge in [0.15, 0.2) is 0 Å². The molecule has 0 saturated heterocycles. The third-order valence-corrected chi connectivity index (χ3v) is 4.01. The lowest BCUT2D eigenvalue weighted by atomic mass is 10.2. The summed E-state index contributed by atoms with van der Waals surface area (Å²) in [5, 5.41) is 16.6. The molecule has 0 amide bonds. The van der Waals surface area contributed by atoms with E-state index in [1.807, 2.05) is 11.4 Å². The van der Waals surface area contributed by atoms with Gasteiger partial charge < -0.3 is 5.32 Å². The van der Waals surface area contributed by atoms with Crippen LogP contribution in [0.3, 0.4) is 0 Å². The molecule has 1 N–H and O–H groups in total. The molecule has 0 bridgehead atoms. The first-order valence-corrected chi connectivity index (χ1v) is 7.09. The zero-order valence-electron chi connectivity index (χ0n) is 10.1. The van der Waals surface area contributed by atoms with Crippen LogP contribution >= 0.6 is 22.9 Å². The molecular weight excluding hydrogens is 284 g/mol. The molecule has 19 heavy (non-hydrogen) atoms. The van der Waals surface area contributed by atoms with Gasteiger partial charge in [-0.05, 0) is 23.9 Å². The average Bonchev–Trinajstić information content (AvgIpc) is 2.88. The second-order valence-corrected chi connectivity index (χ2v) is 5.44. The second kappa shape index (κ2) is 6.65. The van der Waals surface area contributed by atoms with Gasteiger partial charge in [0.2, 0.25) is 0 Å². The summed E-state index contributed by atoms with van der Waals surface area (Å²) < 4.78 is 0. The van der Waals surface area contributed by atoms with E-state index in [0.717, 1.165) is 13.0 Å². The van der Waals surface area contributed by atoms with Gasteiger partial charge in [-0.3, -0.25) is 10.1 Å². The Kier molecular flexibility index (Phi) is 4.90. The molecule has 0 atom stereocenters. The maximum absolute atomic E-state index is 10.9. The van der Waals surface area contributed by atoms with Crippen LogP contribution in [0.25, 0.3) is 0 Å². The van der Waals surface area contributed by atoms with Crippen LogP contribution in [0.1, 0.15) is 10.4 Å².